The Hall–Kier alpha value is -2.38. The molecule has 0 fully saturated rings. The van der Waals surface area contributed by atoms with E-state index in [1.54, 1.807) is 30.3 Å². The highest BCUT2D eigenvalue weighted by Gasteiger charge is 2.13. The van der Waals surface area contributed by atoms with E-state index in [4.69, 9.17) is 4.74 Å². The van der Waals surface area contributed by atoms with Gasteiger partial charge in [0.15, 0.2) is 15.8 Å². The molecule has 0 spiro atoms. The molecule has 0 aliphatic heterocycles. The number of sulfone groups is 1. The zero-order valence-electron chi connectivity index (χ0n) is 17.2. The first kappa shape index (κ1) is 22.9. The van der Waals surface area contributed by atoms with Crippen molar-refractivity contribution in [3.05, 3.63) is 66.2 Å². The Balaban J connectivity index is 1.73. The molecule has 1 unspecified atom stereocenters. The average Bonchev–Trinajstić information content (AvgIpc) is 2.74. The van der Waals surface area contributed by atoms with Crippen LogP contribution >= 0.6 is 0 Å². The Bertz CT molecular complexity index is 840. The van der Waals surface area contributed by atoms with E-state index in [0.717, 1.165) is 12.0 Å². The SMILES string of the molecule is CCNC(=NCCCOC(C)c1ccccc1)NCCS(=O)(=O)c1ccccc1. The molecule has 0 aliphatic carbocycles. The summed E-state index contributed by atoms with van der Waals surface area (Å²) >= 11 is 0. The molecule has 0 amide bonds. The summed E-state index contributed by atoms with van der Waals surface area (Å²) in [5.41, 5.74) is 1.16. The zero-order valence-corrected chi connectivity index (χ0v) is 18.0. The van der Waals surface area contributed by atoms with Gasteiger partial charge >= 0.3 is 0 Å². The molecular formula is C22H31N3O3S. The van der Waals surface area contributed by atoms with Gasteiger partial charge in [-0.3, -0.25) is 4.99 Å². The molecule has 0 aromatic heterocycles. The fraction of sp³-hybridized carbons (Fsp3) is 0.409. The van der Waals surface area contributed by atoms with Gasteiger partial charge in [0.25, 0.3) is 0 Å². The fourth-order valence-electron chi connectivity index (χ4n) is 2.73. The van der Waals surface area contributed by atoms with Crippen molar-refractivity contribution in [1.82, 2.24) is 10.6 Å². The molecule has 2 rings (SSSR count). The summed E-state index contributed by atoms with van der Waals surface area (Å²) in [5.74, 6) is 0.630. The van der Waals surface area contributed by atoms with E-state index in [0.29, 0.717) is 37.1 Å². The summed E-state index contributed by atoms with van der Waals surface area (Å²) in [5, 5.41) is 6.23. The normalized spacial score (nSPS) is 13.1. The number of rotatable bonds is 11. The van der Waals surface area contributed by atoms with Gasteiger partial charge in [-0.25, -0.2) is 8.42 Å². The molecule has 7 heteroatoms. The van der Waals surface area contributed by atoms with Gasteiger partial charge in [-0.15, -0.1) is 0 Å². The van der Waals surface area contributed by atoms with Crippen molar-refractivity contribution >= 4 is 15.8 Å². The lowest BCUT2D eigenvalue weighted by molar-refractivity contribution is 0.0652. The number of nitrogens with one attached hydrogen (secondary N) is 2. The molecule has 2 aromatic carbocycles. The summed E-state index contributed by atoms with van der Waals surface area (Å²) < 4.78 is 30.5. The van der Waals surface area contributed by atoms with Crippen LogP contribution in [0.5, 0.6) is 0 Å². The van der Waals surface area contributed by atoms with Gasteiger partial charge in [-0.1, -0.05) is 48.5 Å². The van der Waals surface area contributed by atoms with Crippen molar-refractivity contribution in [2.75, 3.05) is 32.0 Å². The van der Waals surface area contributed by atoms with Gasteiger partial charge in [-0.05, 0) is 38.0 Å². The van der Waals surface area contributed by atoms with Crippen molar-refractivity contribution in [2.45, 2.75) is 31.3 Å². The number of hydrogen-bond donors (Lipinski definition) is 2. The second-order valence-electron chi connectivity index (χ2n) is 6.60. The Labute approximate surface area is 174 Å². The maximum Gasteiger partial charge on any atom is 0.191 e. The first-order valence-corrected chi connectivity index (χ1v) is 11.6. The summed E-state index contributed by atoms with van der Waals surface area (Å²) in [6, 6.07) is 18.6. The average molecular weight is 418 g/mol. The minimum absolute atomic E-state index is 0.0130. The van der Waals surface area contributed by atoms with E-state index in [2.05, 4.69) is 27.8 Å². The summed E-state index contributed by atoms with van der Waals surface area (Å²) in [7, 11) is -3.30. The van der Waals surface area contributed by atoms with Crippen LogP contribution in [0.2, 0.25) is 0 Å². The maximum absolute atomic E-state index is 12.3. The van der Waals surface area contributed by atoms with Gasteiger partial charge in [0, 0.05) is 26.2 Å². The van der Waals surface area contributed by atoms with Crippen molar-refractivity contribution in [3.8, 4) is 0 Å². The smallest absolute Gasteiger partial charge is 0.191 e. The summed E-state index contributed by atoms with van der Waals surface area (Å²) in [6.07, 6.45) is 0.838. The minimum atomic E-state index is -3.30. The van der Waals surface area contributed by atoms with Crippen molar-refractivity contribution < 1.29 is 13.2 Å². The molecule has 29 heavy (non-hydrogen) atoms. The van der Waals surface area contributed by atoms with E-state index in [1.165, 1.54) is 0 Å². The van der Waals surface area contributed by atoms with E-state index >= 15 is 0 Å². The lowest BCUT2D eigenvalue weighted by Gasteiger charge is -2.13. The quantitative estimate of drug-likeness (QED) is 0.333. The molecule has 2 aromatic rings. The van der Waals surface area contributed by atoms with Gasteiger partial charge < -0.3 is 15.4 Å². The van der Waals surface area contributed by atoms with Crippen LogP contribution in [0.3, 0.4) is 0 Å². The second-order valence-corrected chi connectivity index (χ2v) is 8.71. The number of ether oxygens (including phenoxy) is 1. The predicted octanol–water partition coefficient (Wildman–Crippen LogP) is 3.18. The van der Waals surface area contributed by atoms with E-state index < -0.39 is 9.84 Å². The van der Waals surface area contributed by atoms with E-state index in [1.807, 2.05) is 32.0 Å². The van der Waals surface area contributed by atoms with Crippen molar-refractivity contribution in [3.63, 3.8) is 0 Å². The number of nitrogens with zero attached hydrogens (tertiary/aromatic N) is 1. The Kier molecular flexibility index (Phi) is 9.67. The third-order valence-corrected chi connectivity index (χ3v) is 6.05. The summed E-state index contributed by atoms with van der Waals surface area (Å²) in [4.78, 5) is 4.84. The Morgan fingerprint density at radius 1 is 1.03 bits per heavy atom. The van der Waals surface area contributed by atoms with Crippen molar-refractivity contribution in [2.24, 2.45) is 4.99 Å². The number of aliphatic imine (C=N–C) groups is 1. The molecule has 0 bridgehead atoms. The zero-order chi connectivity index (χ0) is 21.0. The van der Waals surface area contributed by atoms with E-state index in [-0.39, 0.29) is 11.9 Å². The van der Waals surface area contributed by atoms with Crippen LogP contribution < -0.4 is 10.6 Å². The summed E-state index contributed by atoms with van der Waals surface area (Å²) in [6.45, 7) is 6.23. The lowest BCUT2D eigenvalue weighted by Crippen LogP contribution is -2.39. The topological polar surface area (TPSA) is 79.8 Å². The van der Waals surface area contributed by atoms with Crippen molar-refractivity contribution in [1.29, 1.82) is 0 Å². The fourth-order valence-corrected chi connectivity index (χ4v) is 3.91. The number of guanidine groups is 1. The Morgan fingerprint density at radius 3 is 2.34 bits per heavy atom. The van der Waals surface area contributed by atoms with Crippen LogP contribution in [0.15, 0.2) is 70.6 Å². The maximum atomic E-state index is 12.3. The van der Waals surface area contributed by atoms with Crippen LogP contribution in [-0.2, 0) is 14.6 Å². The first-order chi connectivity index (χ1) is 14.0. The molecule has 0 aliphatic rings. The highest BCUT2D eigenvalue weighted by atomic mass is 32.2. The van der Waals surface area contributed by atoms with Crippen LogP contribution in [0.4, 0.5) is 0 Å². The highest BCUT2D eigenvalue weighted by Crippen LogP contribution is 2.15. The Morgan fingerprint density at radius 2 is 1.69 bits per heavy atom. The van der Waals surface area contributed by atoms with Gasteiger partial charge in [0.1, 0.15) is 0 Å². The molecule has 158 valence electrons. The second kappa shape index (κ2) is 12.2. The minimum Gasteiger partial charge on any atom is -0.374 e. The van der Waals surface area contributed by atoms with Gasteiger partial charge in [0.05, 0.1) is 16.8 Å². The molecule has 0 radical (unpaired) electrons. The van der Waals surface area contributed by atoms with Crippen LogP contribution in [0.25, 0.3) is 0 Å². The van der Waals surface area contributed by atoms with E-state index in [9.17, 15) is 8.42 Å². The molecule has 6 nitrogen and oxygen atoms in total. The lowest BCUT2D eigenvalue weighted by atomic mass is 10.1. The van der Waals surface area contributed by atoms with Crippen LogP contribution in [0.1, 0.15) is 31.9 Å². The molecular weight excluding hydrogens is 386 g/mol. The van der Waals surface area contributed by atoms with Gasteiger partial charge in [0.2, 0.25) is 0 Å². The number of benzene rings is 2. The third-order valence-electron chi connectivity index (χ3n) is 4.32. The predicted molar refractivity (Wildman–Crippen MR) is 118 cm³/mol. The standard InChI is InChI=1S/C22H31N3O3S/c1-3-23-22(25-16-18-29(26,27)21-13-8-5-9-14-21)24-15-10-17-28-19(2)20-11-6-4-7-12-20/h4-9,11-14,19H,3,10,15-18H2,1-2H3,(H2,23,24,25). The monoisotopic (exact) mass is 417 g/mol. The third kappa shape index (κ3) is 8.25. The van der Waals surface area contributed by atoms with Crippen LogP contribution in [-0.4, -0.2) is 46.4 Å². The molecule has 2 N–H and O–H groups in total. The number of hydrogen-bond acceptors (Lipinski definition) is 4. The van der Waals surface area contributed by atoms with Gasteiger partial charge in [-0.2, -0.15) is 0 Å². The highest BCUT2D eigenvalue weighted by molar-refractivity contribution is 7.91. The molecule has 1 atom stereocenters. The molecule has 0 saturated carbocycles. The molecule has 0 saturated heterocycles. The molecule has 0 heterocycles. The van der Waals surface area contributed by atoms with Crippen LogP contribution in [0, 0.1) is 0 Å². The largest absolute Gasteiger partial charge is 0.374 e. The first-order valence-electron chi connectivity index (χ1n) is 9.99.